The summed E-state index contributed by atoms with van der Waals surface area (Å²) in [6.07, 6.45) is 0.0768. The molecule has 2 aromatic rings. The van der Waals surface area contributed by atoms with E-state index in [1.165, 1.54) is 6.07 Å². The second kappa shape index (κ2) is 4.95. The van der Waals surface area contributed by atoms with Crippen molar-refractivity contribution in [1.82, 2.24) is 5.16 Å². The van der Waals surface area contributed by atoms with Crippen LogP contribution in [0.4, 0.5) is 8.78 Å². The molecule has 0 aliphatic heterocycles. The Morgan fingerprint density at radius 1 is 1.33 bits per heavy atom. The molecule has 6 heteroatoms. The average molecular weight is 253 g/mol. The number of carboxylic acid groups (broad SMARTS) is 1. The van der Waals surface area contributed by atoms with Gasteiger partial charge in [0.2, 0.25) is 0 Å². The minimum Gasteiger partial charge on any atom is -0.481 e. The van der Waals surface area contributed by atoms with Crippen molar-refractivity contribution in [2.24, 2.45) is 0 Å². The molecule has 0 aliphatic rings. The molecular weight excluding hydrogens is 244 g/mol. The fourth-order valence-corrected chi connectivity index (χ4v) is 1.48. The van der Waals surface area contributed by atoms with Crippen molar-refractivity contribution >= 4 is 5.97 Å². The molecule has 0 saturated carbocycles. The van der Waals surface area contributed by atoms with Crippen LogP contribution < -0.4 is 0 Å². The van der Waals surface area contributed by atoms with Crippen LogP contribution in [0.15, 0.2) is 28.8 Å². The molecule has 0 bridgehead atoms. The molecule has 0 saturated heterocycles. The number of carboxylic acids is 1. The van der Waals surface area contributed by atoms with E-state index in [1.54, 1.807) is 0 Å². The van der Waals surface area contributed by atoms with Gasteiger partial charge in [0.15, 0.2) is 5.76 Å². The monoisotopic (exact) mass is 253 g/mol. The number of benzene rings is 1. The van der Waals surface area contributed by atoms with E-state index >= 15 is 0 Å². The third-order valence-electron chi connectivity index (χ3n) is 2.35. The van der Waals surface area contributed by atoms with Crippen LogP contribution in [0.3, 0.4) is 0 Å². The largest absolute Gasteiger partial charge is 0.481 e. The van der Waals surface area contributed by atoms with E-state index in [0.29, 0.717) is 5.69 Å². The van der Waals surface area contributed by atoms with Crippen molar-refractivity contribution in [2.75, 3.05) is 0 Å². The Morgan fingerprint density at radius 3 is 2.83 bits per heavy atom. The van der Waals surface area contributed by atoms with Gasteiger partial charge in [-0.25, -0.2) is 8.78 Å². The van der Waals surface area contributed by atoms with Crippen LogP contribution in [0.25, 0.3) is 11.3 Å². The molecule has 94 valence electrons. The van der Waals surface area contributed by atoms with E-state index in [-0.39, 0.29) is 24.2 Å². The van der Waals surface area contributed by atoms with Gasteiger partial charge in [0, 0.05) is 12.5 Å². The lowest BCUT2D eigenvalue weighted by atomic mass is 10.1. The van der Waals surface area contributed by atoms with Gasteiger partial charge in [-0.3, -0.25) is 4.79 Å². The van der Waals surface area contributed by atoms with Crippen LogP contribution in [-0.4, -0.2) is 16.2 Å². The molecule has 0 unspecified atom stereocenters. The Hall–Kier alpha value is -2.24. The molecule has 18 heavy (non-hydrogen) atoms. The van der Waals surface area contributed by atoms with E-state index in [9.17, 15) is 13.6 Å². The Morgan fingerprint density at radius 2 is 2.11 bits per heavy atom. The van der Waals surface area contributed by atoms with Crippen LogP contribution in [0, 0.1) is 11.6 Å². The first-order chi connectivity index (χ1) is 8.56. The molecule has 1 heterocycles. The first kappa shape index (κ1) is 12.2. The van der Waals surface area contributed by atoms with E-state index in [1.807, 2.05) is 0 Å². The van der Waals surface area contributed by atoms with Crippen molar-refractivity contribution in [2.45, 2.75) is 12.8 Å². The highest BCUT2D eigenvalue weighted by molar-refractivity contribution is 5.67. The summed E-state index contributed by atoms with van der Waals surface area (Å²) in [5.74, 6) is -2.10. The molecule has 4 nitrogen and oxygen atoms in total. The van der Waals surface area contributed by atoms with Gasteiger partial charge in [0.1, 0.15) is 11.6 Å². The van der Waals surface area contributed by atoms with Gasteiger partial charge in [-0.15, -0.1) is 0 Å². The number of halogens is 2. The second-order valence-electron chi connectivity index (χ2n) is 3.70. The van der Waals surface area contributed by atoms with Crippen molar-refractivity contribution in [3.05, 3.63) is 41.6 Å². The summed E-state index contributed by atoms with van der Waals surface area (Å²) in [5, 5.41) is 12.1. The van der Waals surface area contributed by atoms with Gasteiger partial charge in [-0.05, 0) is 18.2 Å². The lowest BCUT2D eigenvalue weighted by Gasteiger charge is -1.97. The zero-order valence-corrected chi connectivity index (χ0v) is 9.19. The zero-order chi connectivity index (χ0) is 13.1. The van der Waals surface area contributed by atoms with Gasteiger partial charge in [-0.1, -0.05) is 5.16 Å². The molecule has 0 spiro atoms. The van der Waals surface area contributed by atoms with Gasteiger partial charge < -0.3 is 9.63 Å². The van der Waals surface area contributed by atoms with Gasteiger partial charge >= 0.3 is 5.97 Å². The Balaban J connectivity index is 2.23. The maximum absolute atomic E-state index is 13.4. The fraction of sp³-hybridized carbons (Fsp3) is 0.167. The van der Waals surface area contributed by atoms with E-state index in [0.717, 1.165) is 18.2 Å². The third kappa shape index (κ3) is 2.71. The van der Waals surface area contributed by atoms with Crippen LogP contribution in [0.2, 0.25) is 0 Å². The molecule has 1 aromatic carbocycles. The molecule has 1 aromatic heterocycles. The predicted octanol–water partition coefficient (Wildman–Crippen LogP) is 2.64. The van der Waals surface area contributed by atoms with Gasteiger partial charge in [-0.2, -0.15) is 0 Å². The molecule has 2 rings (SSSR count). The van der Waals surface area contributed by atoms with Crippen LogP contribution in [0.5, 0.6) is 0 Å². The zero-order valence-electron chi connectivity index (χ0n) is 9.19. The maximum atomic E-state index is 13.4. The fourth-order valence-electron chi connectivity index (χ4n) is 1.48. The molecule has 1 N–H and O–H groups in total. The highest BCUT2D eigenvalue weighted by atomic mass is 19.1. The minimum absolute atomic E-state index is 0.0379. The Kier molecular flexibility index (Phi) is 3.36. The van der Waals surface area contributed by atoms with Crippen LogP contribution in [0.1, 0.15) is 12.1 Å². The van der Waals surface area contributed by atoms with Crippen molar-refractivity contribution in [3.63, 3.8) is 0 Å². The van der Waals surface area contributed by atoms with Crippen LogP contribution >= 0.6 is 0 Å². The number of hydrogen-bond acceptors (Lipinski definition) is 3. The average Bonchev–Trinajstić information content (AvgIpc) is 2.78. The molecule has 0 aliphatic carbocycles. The first-order valence-corrected chi connectivity index (χ1v) is 5.19. The van der Waals surface area contributed by atoms with E-state index < -0.39 is 17.6 Å². The molecule has 0 radical (unpaired) electrons. The molecule has 0 atom stereocenters. The summed E-state index contributed by atoms with van der Waals surface area (Å²) in [6.45, 7) is 0. The summed E-state index contributed by atoms with van der Waals surface area (Å²) >= 11 is 0. The lowest BCUT2D eigenvalue weighted by molar-refractivity contribution is -0.136. The Labute approximate surface area is 101 Å². The van der Waals surface area contributed by atoms with Crippen molar-refractivity contribution in [3.8, 4) is 11.3 Å². The highest BCUT2D eigenvalue weighted by Crippen LogP contribution is 2.24. The topological polar surface area (TPSA) is 63.3 Å². The number of aryl methyl sites for hydroxylation is 1. The highest BCUT2D eigenvalue weighted by Gasteiger charge is 2.13. The molecule has 0 fully saturated rings. The van der Waals surface area contributed by atoms with Crippen LogP contribution in [-0.2, 0) is 11.2 Å². The number of nitrogens with zero attached hydrogens (tertiary/aromatic N) is 1. The number of aromatic nitrogens is 1. The number of carbonyl (C=O) groups is 1. The summed E-state index contributed by atoms with van der Waals surface area (Å²) in [7, 11) is 0. The third-order valence-corrected chi connectivity index (χ3v) is 2.35. The summed E-state index contributed by atoms with van der Waals surface area (Å²) in [5.41, 5.74) is 0.347. The predicted molar refractivity (Wildman–Crippen MR) is 57.8 cm³/mol. The second-order valence-corrected chi connectivity index (χ2v) is 3.70. The maximum Gasteiger partial charge on any atom is 0.303 e. The summed E-state index contributed by atoms with van der Waals surface area (Å²) in [6, 6.07) is 4.39. The van der Waals surface area contributed by atoms with Gasteiger partial charge in [0.25, 0.3) is 0 Å². The number of aliphatic carboxylic acids is 1. The summed E-state index contributed by atoms with van der Waals surface area (Å²) < 4.78 is 31.3. The van der Waals surface area contributed by atoms with E-state index in [4.69, 9.17) is 9.63 Å². The first-order valence-electron chi connectivity index (χ1n) is 5.19. The SMILES string of the molecule is O=C(O)CCc1cc(-c2cc(F)ccc2F)on1. The lowest BCUT2D eigenvalue weighted by Crippen LogP contribution is -1.97. The number of hydrogen-bond donors (Lipinski definition) is 1. The minimum atomic E-state index is -0.962. The van der Waals surface area contributed by atoms with E-state index in [2.05, 4.69) is 5.16 Å². The summed E-state index contributed by atoms with van der Waals surface area (Å²) in [4.78, 5) is 10.4. The normalized spacial score (nSPS) is 10.6. The van der Waals surface area contributed by atoms with Gasteiger partial charge in [0.05, 0.1) is 17.7 Å². The Bertz CT molecular complexity index is 580. The standard InChI is InChI=1S/C12H9F2NO3/c13-7-1-3-10(14)9(5-7)11-6-8(15-18-11)2-4-12(16)17/h1,3,5-6H,2,4H2,(H,16,17). The van der Waals surface area contributed by atoms with Crippen molar-refractivity contribution in [1.29, 1.82) is 0 Å². The quantitative estimate of drug-likeness (QED) is 0.909. The van der Waals surface area contributed by atoms with Crippen molar-refractivity contribution < 1.29 is 23.2 Å². The smallest absolute Gasteiger partial charge is 0.303 e. The number of rotatable bonds is 4. The molecular formula is C12H9F2NO3. The molecule has 0 amide bonds.